The first-order valence-corrected chi connectivity index (χ1v) is 7.52. The first-order chi connectivity index (χ1) is 10.8. The van der Waals surface area contributed by atoms with Crippen molar-refractivity contribution in [2.75, 3.05) is 7.11 Å². The maximum absolute atomic E-state index is 12.2. The molecule has 1 N–H and O–H groups in total. The number of aromatic nitrogens is 3. The van der Waals surface area contributed by atoms with Crippen molar-refractivity contribution in [3.05, 3.63) is 42.5 Å². The molecule has 0 spiro atoms. The average molecular weight is 300 g/mol. The molecule has 0 aliphatic heterocycles. The predicted molar refractivity (Wildman–Crippen MR) is 81.2 cm³/mol. The van der Waals surface area contributed by atoms with Gasteiger partial charge in [-0.25, -0.2) is 4.98 Å². The van der Waals surface area contributed by atoms with Crippen molar-refractivity contribution in [1.82, 2.24) is 20.1 Å². The number of hydrogen-bond acceptors (Lipinski definition) is 4. The molecule has 1 saturated carbocycles. The van der Waals surface area contributed by atoms with Gasteiger partial charge < -0.3 is 10.1 Å². The molecule has 0 unspecified atom stereocenters. The number of ether oxygens (including phenoxy) is 1. The fraction of sp³-hybridized carbons (Fsp3) is 0.438. The van der Waals surface area contributed by atoms with E-state index in [1.807, 2.05) is 24.3 Å². The standard InChI is InChI=1S/C16H20N4O2/c1-22-14-6-4-13(5-7-14)16(12-2-3-12)19-15(21)8-9-20-11-17-10-18-20/h4-7,10-12,16H,2-3,8-9H2,1H3,(H,19,21)/t16-/m1/s1. The average Bonchev–Trinajstić information content (AvgIpc) is 3.26. The molecule has 1 fully saturated rings. The molecule has 1 aromatic heterocycles. The van der Waals surface area contributed by atoms with Gasteiger partial charge in [-0.05, 0) is 36.5 Å². The number of carbonyl (C=O) groups excluding carboxylic acids is 1. The molecule has 0 bridgehead atoms. The van der Waals surface area contributed by atoms with Crippen LogP contribution in [0.1, 0.15) is 30.9 Å². The summed E-state index contributed by atoms with van der Waals surface area (Å²) in [6.45, 7) is 0.547. The van der Waals surface area contributed by atoms with Crippen LogP contribution in [0.15, 0.2) is 36.9 Å². The van der Waals surface area contributed by atoms with Crippen LogP contribution in [0.2, 0.25) is 0 Å². The van der Waals surface area contributed by atoms with Crippen molar-refractivity contribution in [3.63, 3.8) is 0 Å². The van der Waals surface area contributed by atoms with Crippen molar-refractivity contribution in [2.45, 2.75) is 31.8 Å². The number of rotatable bonds is 7. The molecule has 1 heterocycles. The molecule has 6 nitrogen and oxygen atoms in total. The second kappa shape index (κ2) is 6.60. The monoisotopic (exact) mass is 300 g/mol. The van der Waals surface area contributed by atoms with Gasteiger partial charge in [0.1, 0.15) is 18.4 Å². The van der Waals surface area contributed by atoms with Crippen LogP contribution in [-0.4, -0.2) is 27.8 Å². The molecule has 6 heteroatoms. The second-order valence-electron chi connectivity index (χ2n) is 5.56. The van der Waals surface area contributed by atoms with E-state index in [1.54, 1.807) is 18.1 Å². The Bertz CT molecular complexity index is 606. The minimum atomic E-state index is 0.0446. The highest BCUT2D eigenvalue weighted by molar-refractivity contribution is 5.76. The van der Waals surface area contributed by atoms with Crippen molar-refractivity contribution in [1.29, 1.82) is 0 Å². The van der Waals surface area contributed by atoms with Gasteiger partial charge in [0.25, 0.3) is 0 Å². The van der Waals surface area contributed by atoms with Crippen LogP contribution in [0.5, 0.6) is 5.75 Å². The number of nitrogens with one attached hydrogen (secondary N) is 1. The van der Waals surface area contributed by atoms with Gasteiger partial charge >= 0.3 is 0 Å². The number of hydrogen-bond donors (Lipinski definition) is 1. The van der Waals surface area contributed by atoms with Crippen LogP contribution in [0.4, 0.5) is 0 Å². The number of amides is 1. The SMILES string of the molecule is COc1ccc([C@H](NC(=O)CCn2cncn2)C2CC2)cc1. The first-order valence-electron chi connectivity index (χ1n) is 7.52. The summed E-state index contributed by atoms with van der Waals surface area (Å²) >= 11 is 0. The van der Waals surface area contributed by atoms with E-state index in [9.17, 15) is 4.79 Å². The van der Waals surface area contributed by atoms with E-state index in [2.05, 4.69) is 15.4 Å². The second-order valence-corrected chi connectivity index (χ2v) is 5.56. The zero-order chi connectivity index (χ0) is 15.4. The van der Waals surface area contributed by atoms with Gasteiger partial charge in [0.15, 0.2) is 0 Å². The number of benzene rings is 1. The van der Waals surface area contributed by atoms with E-state index in [0.29, 0.717) is 18.9 Å². The summed E-state index contributed by atoms with van der Waals surface area (Å²) in [4.78, 5) is 16.1. The Hall–Kier alpha value is -2.37. The fourth-order valence-corrected chi connectivity index (χ4v) is 2.52. The van der Waals surface area contributed by atoms with Crippen LogP contribution in [-0.2, 0) is 11.3 Å². The lowest BCUT2D eigenvalue weighted by Crippen LogP contribution is -2.30. The quantitative estimate of drug-likeness (QED) is 0.848. The van der Waals surface area contributed by atoms with Crippen molar-refractivity contribution in [3.8, 4) is 5.75 Å². The van der Waals surface area contributed by atoms with E-state index in [1.165, 1.54) is 19.2 Å². The topological polar surface area (TPSA) is 69.0 Å². The molecule has 116 valence electrons. The Balaban J connectivity index is 1.60. The normalized spacial score (nSPS) is 15.3. The van der Waals surface area contributed by atoms with Gasteiger partial charge in [-0.3, -0.25) is 9.48 Å². The van der Waals surface area contributed by atoms with Crippen LogP contribution < -0.4 is 10.1 Å². The van der Waals surface area contributed by atoms with Crippen LogP contribution >= 0.6 is 0 Å². The first kappa shape index (κ1) is 14.6. The summed E-state index contributed by atoms with van der Waals surface area (Å²) in [6.07, 6.45) is 5.83. The summed E-state index contributed by atoms with van der Waals surface area (Å²) < 4.78 is 6.85. The van der Waals surface area contributed by atoms with Gasteiger partial charge in [0.2, 0.25) is 5.91 Å². The maximum atomic E-state index is 12.2. The summed E-state index contributed by atoms with van der Waals surface area (Å²) in [5.74, 6) is 1.42. The Morgan fingerprint density at radius 2 is 2.18 bits per heavy atom. The molecule has 1 aromatic carbocycles. The van der Waals surface area contributed by atoms with Gasteiger partial charge in [-0.2, -0.15) is 5.10 Å². The van der Waals surface area contributed by atoms with Gasteiger partial charge in [0.05, 0.1) is 19.7 Å². The summed E-state index contributed by atoms with van der Waals surface area (Å²) in [6, 6.07) is 8.02. The van der Waals surface area contributed by atoms with Crippen molar-refractivity contribution < 1.29 is 9.53 Å². The Kier molecular flexibility index (Phi) is 4.37. The number of aryl methyl sites for hydroxylation is 1. The molecular weight excluding hydrogens is 280 g/mol. The maximum Gasteiger partial charge on any atom is 0.222 e. The fourth-order valence-electron chi connectivity index (χ4n) is 2.52. The Labute approximate surface area is 129 Å². The molecule has 1 amide bonds. The van der Waals surface area contributed by atoms with Crippen molar-refractivity contribution in [2.24, 2.45) is 5.92 Å². The van der Waals surface area contributed by atoms with E-state index < -0.39 is 0 Å². The highest BCUT2D eigenvalue weighted by Crippen LogP contribution is 2.41. The number of methoxy groups -OCH3 is 1. The van der Waals surface area contributed by atoms with E-state index >= 15 is 0 Å². The smallest absolute Gasteiger partial charge is 0.222 e. The highest BCUT2D eigenvalue weighted by Gasteiger charge is 2.33. The van der Waals surface area contributed by atoms with Gasteiger partial charge in [-0.15, -0.1) is 0 Å². The molecule has 1 aliphatic carbocycles. The molecule has 1 aliphatic rings. The third kappa shape index (κ3) is 3.63. The lowest BCUT2D eigenvalue weighted by atomic mass is 10.0. The minimum Gasteiger partial charge on any atom is -0.497 e. The minimum absolute atomic E-state index is 0.0446. The molecule has 3 rings (SSSR count). The lowest BCUT2D eigenvalue weighted by molar-refractivity contribution is -0.122. The Morgan fingerprint density at radius 3 is 2.77 bits per heavy atom. The largest absolute Gasteiger partial charge is 0.497 e. The zero-order valence-electron chi connectivity index (χ0n) is 12.6. The third-order valence-corrected chi connectivity index (χ3v) is 3.92. The van der Waals surface area contributed by atoms with E-state index in [-0.39, 0.29) is 11.9 Å². The van der Waals surface area contributed by atoms with Crippen LogP contribution in [0.25, 0.3) is 0 Å². The van der Waals surface area contributed by atoms with Crippen LogP contribution in [0, 0.1) is 5.92 Å². The Morgan fingerprint density at radius 1 is 1.41 bits per heavy atom. The summed E-state index contributed by atoms with van der Waals surface area (Å²) in [7, 11) is 1.65. The highest BCUT2D eigenvalue weighted by atomic mass is 16.5. The molecule has 1 atom stereocenters. The summed E-state index contributed by atoms with van der Waals surface area (Å²) in [5.41, 5.74) is 1.14. The summed E-state index contributed by atoms with van der Waals surface area (Å²) in [5, 5.41) is 7.16. The molecule has 2 aromatic rings. The lowest BCUT2D eigenvalue weighted by Gasteiger charge is -2.19. The number of nitrogens with zero attached hydrogens (tertiary/aromatic N) is 3. The van der Waals surface area contributed by atoms with Crippen LogP contribution in [0.3, 0.4) is 0 Å². The van der Waals surface area contributed by atoms with Gasteiger partial charge in [-0.1, -0.05) is 12.1 Å². The third-order valence-electron chi connectivity index (χ3n) is 3.92. The molecular formula is C16H20N4O2. The van der Waals surface area contributed by atoms with E-state index in [0.717, 1.165) is 11.3 Å². The van der Waals surface area contributed by atoms with E-state index in [4.69, 9.17) is 4.74 Å². The molecule has 0 radical (unpaired) electrons. The van der Waals surface area contributed by atoms with Gasteiger partial charge in [0, 0.05) is 6.42 Å². The van der Waals surface area contributed by atoms with Crippen molar-refractivity contribution >= 4 is 5.91 Å². The zero-order valence-corrected chi connectivity index (χ0v) is 12.6. The molecule has 0 saturated heterocycles. The molecule has 22 heavy (non-hydrogen) atoms. The number of carbonyl (C=O) groups is 1. The predicted octanol–water partition coefficient (Wildman–Crippen LogP) is 1.94.